The second-order valence-electron chi connectivity index (χ2n) is 3.00. The summed E-state index contributed by atoms with van der Waals surface area (Å²) in [6.07, 6.45) is -3.39. The van der Waals surface area contributed by atoms with Gasteiger partial charge in [-0.25, -0.2) is 18.2 Å². The van der Waals surface area contributed by atoms with Crippen LogP contribution in [0.4, 0.5) is 22.0 Å². The molecule has 1 unspecified atom stereocenters. The first-order valence-electron chi connectivity index (χ1n) is 4.70. The first kappa shape index (κ1) is 15.7. The van der Waals surface area contributed by atoms with E-state index >= 15 is 0 Å². The van der Waals surface area contributed by atoms with Crippen molar-refractivity contribution in [3.05, 3.63) is 23.0 Å². The molecule has 104 valence electrons. The molecule has 1 rings (SSSR count). The van der Waals surface area contributed by atoms with Crippen LogP contribution >= 0.6 is 11.3 Å². The van der Waals surface area contributed by atoms with Crippen LogP contribution in [0.2, 0.25) is 0 Å². The zero-order valence-electron chi connectivity index (χ0n) is 9.12. The summed E-state index contributed by atoms with van der Waals surface area (Å²) >= 11 is 0.629. The molecule has 0 saturated carbocycles. The smallest absolute Gasteiger partial charge is 0.237 e. The molecule has 0 aromatic carbocycles. The van der Waals surface area contributed by atoms with E-state index in [2.05, 4.69) is 9.35 Å². The van der Waals surface area contributed by atoms with Gasteiger partial charge >= 0.3 is 6.08 Å². The molecule has 1 aromatic rings. The largest absolute Gasteiger partial charge is 0.301 e. The summed E-state index contributed by atoms with van der Waals surface area (Å²) in [4.78, 5) is 3.35. The van der Waals surface area contributed by atoms with E-state index in [9.17, 15) is 22.0 Å². The number of hydrogen-bond donors (Lipinski definition) is 0. The highest BCUT2D eigenvalue weighted by atomic mass is 32.2. The highest BCUT2D eigenvalue weighted by molar-refractivity contribution is 7.89. The number of halogens is 5. The van der Waals surface area contributed by atoms with Crippen molar-refractivity contribution < 1.29 is 22.0 Å². The van der Waals surface area contributed by atoms with E-state index in [-0.39, 0.29) is 15.0 Å². The Morgan fingerprint density at radius 2 is 2.16 bits per heavy atom. The Bertz CT molecular complexity index is 542. The van der Waals surface area contributed by atoms with Crippen LogP contribution in [0.1, 0.15) is 17.7 Å². The molecule has 1 atom stereocenters. The lowest BCUT2D eigenvalue weighted by Crippen LogP contribution is -1.98. The van der Waals surface area contributed by atoms with Crippen molar-refractivity contribution in [2.75, 3.05) is 5.75 Å². The normalized spacial score (nSPS) is 12.5. The Morgan fingerprint density at radius 1 is 1.47 bits per heavy atom. The molecule has 19 heavy (non-hydrogen) atoms. The van der Waals surface area contributed by atoms with E-state index in [0.717, 1.165) is 6.20 Å². The fourth-order valence-electron chi connectivity index (χ4n) is 0.982. The Labute approximate surface area is 111 Å². The van der Waals surface area contributed by atoms with Crippen LogP contribution in [-0.2, 0) is 10.7 Å². The van der Waals surface area contributed by atoms with Crippen molar-refractivity contribution in [2.45, 2.75) is 17.2 Å². The van der Waals surface area contributed by atoms with Gasteiger partial charge in [-0.1, -0.05) is 0 Å². The number of rotatable bonds is 5. The third-order valence-electron chi connectivity index (χ3n) is 1.79. The Kier molecular flexibility index (Phi) is 6.04. The molecule has 0 radical (unpaired) electrons. The van der Waals surface area contributed by atoms with Gasteiger partial charge < -0.3 is 0 Å². The lowest BCUT2D eigenvalue weighted by molar-refractivity contribution is 0.155. The molecule has 0 amide bonds. The molecular weight excluding hydrogens is 309 g/mol. The minimum Gasteiger partial charge on any atom is -0.237 e. The zero-order valence-corrected chi connectivity index (χ0v) is 10.7. The first-order valence-corrected chi connectivity index (χ1v) is 6.86. The number of alkyl halides is 2. The summed E-state index contributed by atoms with van der Waals surface area (Å²) in [6.45, 7) is 0. The number of aromatic nitrogens is 1. The maximum Gasteiger partial charge on any atom is 0.301 e. The predicted molar refractivity (Wildman–Crippen MR) is 60.6 cm³/mol. The van der Waals surface area contributed by atoms with E-state index in [4.69, 9.17) is 5.26 Å². The average molecular weight is 315 g/mol. The van der Waals surface area contributed by atoms with Gasteiger partial charge in [-0.15, -0.1) is 15.7 Å². The Morgan fingerprint density at radius 3 is 2.63 bits per heavy atom. The van der Waals surface area contributed by atoms with Crippen LogP contribution in [0.15, 0.2) is 26.8 Å². The highest BCUT2D eigenvalue weighted by Crippen LogP contribution is 2.28. The maximum absolute atomic E-state index is 12.6. The maximum atomic E-state index is 12.6. The van der Waals surface area contributed by atoms with Gasteiger partial charge in [-0.05, 0) is 10.7 Å². The predicted octanol–water partition coefficient (Wildman–Crippen LogP) is 4.19. The minimum atomic E-state index is -2.71. The second kappa shape index (κ2) is 7.30. The van der Waals surface area contributed by atoms with Crippen molar-refractivity contribution in [3.8, 4) is 6.19 Å². The summed E-state index contributed by atoms with van der Waals surface area (Å²) in [7, 11) is -1.29. The van der Waals surface area contributed by atoms with Gasteiger partial charge in [0.15, 0.2) is 10.2 Å². The van der Waals surface area contributed by atoms with Gasteiger partial charge in [0, 0.05) is 18.4 Å². The third kappa shape index (κ3) is 4.68. The highest BCUT2D eigenvalue weighted by Gasteiger charge is 2.15. The Hall–Kier alpha value is -1.34. The lowest BCUT2D eigenvalue weighted by Gasteiger charge is -2.00. The number of hydrogen-bond acceptors (Lipinski definition) is 4. The van der Waals surface area contributed by atoms with E-state index in [1.54, 1.807) is 0 Å². The number of nitrogens with zero attached hydrogens (tertiary/aromatic N) is 3. The lowest BCUT2D eigenvalue weighted by atomic mass is 10.4. The molecular formula is C9H6F5N3S2. The van der Waals surface area contributed by atoms with Crippen molar-refractivity contribution >= 4 is 22.0 Å². The van der Waals surface area contributed by atoms with Crippen molar-refractivity contribution in [1.82, 2.24) is 4.98 Å². The molecule has 3 nitrogen and oxygen atoms in total. The minimum absolute atomic E-state index is 0.101. The van der Waals surface area contributed by atoms with Crippen LogP contribution in [0.3, 0.4) is 0 Å². The monoisotopic (exact) mass is 315 g/mol. The summed E-state index contributed by atoms with van der Waals surface area (Å²) in [6, 6.07) is 0. The number of nitriles is 1. The summed E-state index contributed by atoms with van der Waals surface area (Å²) in [5.41, 5.74) is 0. The standard InChI is InChI=1S/C9H6F5N3S2/c10-5(7(11)12)1-2-19(17-4-15)9-16-3-6(18-9)8(13)14/h3,8H,1-2H2. The van der Waals surface area contributed by atoms with Crippen LogP contribution in [-0.4, -0.2) is 10.7 Å². The molecule has 0 aliphatic carbocycles. The van der Waals surface area contributed by atoms with Crippen molar-refractivity contribution in [1.29, 1.82) is 5.26 Å². The summed E-state index contributed by atoms with van der Waals surface area (Å²) in [5.74, 6) is -1.82. The third-order valence-corrected chi connectivity index (χ3v) is 4.82. The van der Waals surface area contributed by atoms with Gasteiger partial charge in [0.25, 0.3) is 6.43 Å². The van der Waals surface area contributed by atoms with Crippen molar-refractivity contribution in [2.24, 2.45) is 4.36 Å². The molecule has 0 saturated heterocycles. The van der Waals surface area contributed by atoms with Crippen molar-refractivity contribution in [3.63, 3.8) is 0 Å². The molecule has 0 spiro atoms. The molecule has 0 aliphatic rings. The van der Waals surface area contributed by atoms with E-state index in [1.807, 2.05) is 0 Å². The number of thiazole rings is 1. The molecule has 0 bridgehead atoms. The van der Waals surface area contributed by atoms with Gasteiger partial charge in [-0.3, -0.25) is 0 Å². The van der Waals surface area contributed by atoms with Crippen LogP contribution < -0.4 is 0 Å². The number of allylic oxidation sites excluding steroid dienone is 1. The summed E-state index contributed by atoms with van der Waals surface area (Å²) < 4.78 is 64.6. The van der Waals surface area contributed by atoms with E-state index in [1.165, 1.54) is 6.19 Å². The first-order chi connectivity index (χ1) is 8.95. The zero-order chi connectivity index (χ0) is 14.4. The van der Waals surface area contributed by atoms with Crippen LogP contribution in [0.25, 0.3) is 0 Å². The SMILES string of the molecule is N#CN=S(CCC(F)=C(F)F)c1ncc(C(F)F)s1. The van der Waals surface area contributed by atoms with Crippen LogP contribution in [0.5, 0.6) is 0 Å². The van der Waals surface area contributed by atoms with Gasteiger partial charge in [0.2, 0.25) is 6.19 Å². The van der Waals surface area contributed by atoms with Gasteiger partial charge in [-0.2, -0.15) is 14.0 Å². The molecule has 10 heteroatoms. The van der Waals surface area contributed by atoms with Gasteiger partial charge in [0.05, 0.1) is 4.88 Å². The Balaban J connectivity index is 2.87. The van der Waals surface area contributed by atoms with E-state index < -0.39 is 35.4 Å². The molecule has 0 aliphatic heterocycles. The molecule has 1 aromatic heterocycles. The van der Waals surface area contributed by atoms with Crippen LogP contribution in [0, 0.1) is 11.5 Å². The molecule has 1 heterocycles. The molecule has 0 N–H and O–H groups in total. The molecule has 0 fully saturated rings. The average Bonchev–Trinajstić information content (AvgIpc) is 2.83. The quantitative estimate of drug-likeness (QED) is 0.604. The topological polar surface area (TPSA) is 49.0 Å². The fraction of sp³-hybridized carbons (Fsp3) is 0.333. The fourth-order valence-corrected chi connectivity index (χ4v) is 3.51. The summed E-state index contributed by atoms with van der Waals surface area (Å²) in [5, 5.41) is 8.45. The second-order valence-corrected chi connectivity index (χ2v) is 6.03. The van der Waals surface area contributed by atoms with E-state index in [0.29, 0.717) is 11.3 Å². The van der Waals surface area contributed by atoms with Gasteiger partial charge in [0.1, 0.15) is 0 Å².